The van der Waals surface area contributed by atoms with Crippen LogP contribution in [0.15, 0.2) is 0 Å². The molecule has 0 aliphatic carbocycles. The molecular weight excluding hydrogens is 238 g/mol. The minimum absolute atomic E-state index is 0.0268. The summed E-state index contributed by atoms with van der Waals surface area (Å²) in [5.41, 5.74) is 0. The van der Waals surface area contributed by atoms with E-state index in [0.29, 0.717) is 19.5 Å². The Hall–Kier alpha value is -0.570. The van der Waals surface area contributed by atoms with Gasteiger partial charge in [0.15, 0.2) is 0 Å². The first kappa shape index (κ1) is 18.4. The molecule has 0 unspecified atom stereocenters. The van der Waals surface area contributed by atoms with Gasteiger partial charge < -0.3 is 10.0 Å². The van der Waals surface area contributed by atoms with E-state index in [0.717, 1.165) is 12.8 Å². The molecule has 0 fully saturated rings. The molecule has 1 radical (unpaired) electrons. The van der Waals surface area contributed by atoms with E-state index < -0.39 is 0 Å². The number of carbonyl (C=O) groups excluding carboxylic acids is 1. The van der Waals surface area contributed by atoms with Gasteiger partial charge in [-0.15, -0.1) is 0 Å². The Balaban J connectivity index is 3.35. The van der Waals surface area contributed by atoms with Gasteiger partial charge >= 0.3 is 0 Å². The molecule has 0 aromatic heterocycles. The lowest BCUT2D eigenvalue weighted by Crippen LogP contribution is -2.33. The van der Waals surface area contributed by atoms with Crippen LogP contribution in [-0.4, -0.2) is 35.6 Å². The van der Waals surface area contributed by atoms with E-state index in [2.05, 4.69) is 13.8 Å². The SMILES string of the molecule is [CH2]CN(CCO)C(=O)CCCCCCCCCCC. The Morgan fingerprint density at radius 2 is 1.53 bits per heavy atom. The van der Waals surface area contributed by atoms with Crippen LogP contribution in [0.4, 0.5) is 0 Å². The zero-order valence-corrected chi connectivity index (χ0v) is 12.7. The van der Waals surface area contributed by atoms with Gasteiger partial charge in [-0.3, -0.25) is 4.79 Å². The first-order chi connectivity index (χ1) is 9.26. The zero-order chi connectivity index (χ0) is 14.3. The first-order valence-corrected chi connectivity index (χ1v) is 7.94. The topological polar surface area (TPSA) is 40.5 Å². The van der Waals surface area contributed by atoms with E-state index in [1.165, 1.54) is 44.9 Å². The van der Waals surface area contributed by atoms with Crippen molar-refractivity contribution in [3.63, 3.8) is 0 Å². The summed E-state index contributed by atoms with van der Waals surface area (Å²) in [5.74, 6) is 0.131. The minimum atomic E-state index is 0.0268. The molecule has 0 rings (SSSR count). The molecule has 3 heteroatoms. The lowest BCUT2D eigenvalue weighted by molar-refractivity contribution is -0.131. The van der Waals surface area contributed by atoms with Crippen LogP contribution < -0.4 is 0 Å². The van der Waals surface area contributed by atoms with Gasteiger partial charge in [-0.25, -0.2) is 0 Å². The molecule has 0 atom stereocenters. The molecule has 1 N–H and O–H groups in total. The van der Waals surface area contributed by atoms with Gasteiger partial charge in [-0.05, 0) is 13.3 Å². The summed E-state index contributed by atoms with van der Waals surface area (Å²) >= 11 is 0. The Labute approximate surface area is 119 Å². The number of nitrogens with zero attached hydrogens (tertiary/aromatic N) is 1. The molecule has 0 saturated carbocycles. The second-order valence-corrected chi connectivity index (χ2v) is 5.18. The number of amides is 1. The molecule has 0 aromatic carbocycles. The summed E-state index contributed by atoms with van der Waals surface area (Å²) in [7, 11) is 0. The van der Waals surface area contributed by atoms with Crippen LogP contribution in [-0.2, 0) is 4.79 Å². The number of unbranched alkanes of at least 4 members (excludes halogenated alkanes) is 8. The Morgan fingerprint density at radius 3 is 2.00 bits per heavy atom. The molecule has 0 saturated heterocycles. The van der Waals surface area contributed by atoms with Crippen molar-refractivity contribution < 1.29 is 9.90 Å². The number of rotatable bonds is 13. The fourth-order valence-electron chi connectivity index (χ4n) is 2.23. The summed E-state index contributed by atoms with van der Waals surface area (Å²) in [6, 6.07) is 0. The smallest absolute Gasteiger partial charge is 0.222 e. The Morgan fingerprint density at radius 1 is 1.00 bits per heavy atom. The van der Waals surface area contributed by atoms with Crippen LogP contribution in [0.2, 0.25) is 0 Å². The van der Waals surface area contributed by atoms with Gasteiger partial charge in [0.1, 0.15) is 0 Å². The molecule has 3 nitrogen and oxygen atoms in total. The average Bonchev–Trinajstić information content (AvgIpc) is 2.42. The van der Waals surface area contributed by atoms with E-state index in [9.17, 15) is 4.79 Å². The predicted molar refractivity (Wildman–Crippen MR) is 80.9 cm³/mol. The highest BCUT2D eigenvalue weighted by atomic mass is 16.3. The standard InChI is InChI=1S/C16H32NO2/c1-3-5-6-7-8-9-10-11-12-13-16(19)17(4-2)14-15-18/h18H,2-15H2,1H3. The van der Waals surface area contributed by atoms with Gasteiger partial charge in [0.2, 0.25) is 5.91 Å². The number of aliphatic hydroxyl groups excluding tert-OH is 1. The third-order valence-electron chi connectivity index (χ3n) is 3.49. The second-order valence-electron chi connectivity index (χ2n) is 5.18. The lowest BCUT2D eigenvalue weighted by atomic mass is 10.1. The van der Waals surface area contributed by atoms with Crippen molar-refractivity contribution in [3.8, 4) is 0 Å². The highest BCUT2D eigenvalue weighted by Crippen LogP contribution is 2.11. The van der Waals surface area contributed by atoms with E-state index in [-0.39, 0.29) is 12.5 Å². The van der Waals surface area contributed by atoms with Crippen LogP contribution in [0.3, 0.4) is 0 Å². The molecular formula is C16H32NO2. The maximum atomic E-state index is 11.7. The van der Waals surface area contributed by atoms with Gasteiger partial charge in [0.05, 0.1) is 6.61 Å². The first-order valence-electron chi connectivity index (χ1n) is 7.94. The lowest BCUT2D eigenvalue weighted by Gasteiger charge is -2.19. The van der Waals surface area contributed by atoms with Crippen LogP contribution in [0.5, 0.6) is 0 Å². The molecule has 0 spiro atoms. The maximum Gasteiger partial charge on any atom is 0.222 e. The zero-order valence-electron chi connectivity index (χ0n) is 12.7. The number of hydrogen-bond donors (Lipinski definition) is 1. The number of hydrogen-bond acceptors (Lipinski definition) is 2. The third kappa shape index (κ3) is 11.0. The number of aliphatic hydroxyl groups is 1. The van der Waals surface area contributed by atoms with Crippen LogP contribution in [0.1, 0.15) is 71.1 Å². The minimum Gasteiger partial charge on any atom is -0.395 e. The average molecular weight is 270 g/mol. The highest BCUT2D eigenvalue weighted by molar-refractivity contribution is 5.76. The highest BCUT2D eigenvalue weighted by Gasteiger charge is 2.09. The molecule has 113 valence electrons. The molecule has 0 aliphatic rings. The van der Waals surface area contributed by atoms with E-state index >= 15 is 0 Å². The van der Waals surface area contributed by atoms with Gasteiger partial charge in [-0.1, -0.05) is 58.3 Å². The largest absolute Gasteiger partial charge is 0.395 e. The van der Waals surface area contributed by atoms with E-state index in [1.807, 2.05) is 0 Å². The van der Waals surface area contributed by atoms with E-state index in [4.69, 9.17) is 5.11 Å². The Kier molecular flexibility index (Phi) is 13.4. The normalized spacial score (nSPS) is 10.7. The van der Waals surface area contributed by atoms with Gasteiger partial charge in [-0.2, -0.15) is 0 Å². The van der Waals surface area contributed by atoms with Crippen molar-refractivity contribution in [3.05, 3.63) is 6.92 Å². The van der Waals surface area contributed by atoms with Crippen molar-refractivity contribution in [1.82, 2.24) is 4.90 Å². The Bertz CT molecular complexity index is 207. The molecule has 0 heterocycles. The summed E-state index contributed by atoms with van der Waals surface area (Å²) in [6.45, 7) is 6.85. The van der Waals surface area contributed by atoms with Crippen LogP contribution in [0, 0.1) is 6.92 Å². The molecule has 0 aliphatic heterocycles. The maximum absolute atomic E-state index is 11.7. The molecule has 19 heavy (non-hydrogen) atoms. The number of carbonyl (C=O) groups is 1. The fraction of sp³-hybridized carbons (Fsp3) is 0.875. The van der Waals surface area contributed by atoms with Gasteiger partial charge in [0.25, 0.3) is 0 Å². The summed E-state index contributed by atoms with van der Waals surface area (Å²) < 4.78 is 0. The van der Waals surface area contributed by atoms with Crippen molar-refractivity contribution >= 4 is 5.91 Å². The van der Waals surface area contributed by atoms with Crippen molar-refractivity contribution in [1.29, 1.82) is 0 Å². The predicted octanol–water partition coefficient (Wildman–Crippen LogP) is 3.56. The van der Waals surface area contributed by atoms with Gasteiger partial charge in [0, 0.05) is 19.5 Å². The van der Waals surface area contributed by atoms with Crippen molar-refractivity contribution in [2.45, 2.75) is 71.1 Å². The summed E-state index contributed by atoms with van der Waals surface area (Å²) in [4.78, 5) is 13.4. The van der Waals surface area contributed by atoms with Crippen LogP contribution >= 0.6 is 0 Å². The monoisotopic (exact) mass is 270 g/mol. The quantitative estimate of drug-likeness (QED) is 0.520. The summed E-state index contributed by atoms with van der Waals surface area (Å²) in [5, 5.41) is 8.83. The second kappa shape index (κ2) is 13.9. The summed E-state index contributed by atoms with van der Waals surface area (Å²) in [6.07, 6.45) is 12.0. The molecule has 0 bridgehead atoms. The third-order valence-corrected chi connectivity index (χ3v) is 3.49. The van der Waals surface area contributed by atoms with Crippen molar-refractivity contribution in [2.75, 3.05) is 19.7 Å². The van der Waals surface area contributed by atoms with E-state index in [1.54, 1.807) is 4.90 Å². The molecule has 1 amide bonds. The van der Waals surface area contributed by atoms with Crippen molar-refractivity contribution in [2.24, 2.45) is 0 Å². The molecule has 0 aromatic rings. The fourth-order valence-corrected chi connectivity index (χ4v) is 2.23. The van der Waals surface area contributed by atoms with Crippen LogP contribution in [0.25, 0.3) is 0 Å².